The zero-order chi connectivity index (χ0) is 70.9. The quantitative estimate of drug-likeness (QED) is 0.0187. The third-order valence-corrected chi connectivity index (χ3v) is 21.5. The Balaban J connectivity index is 0.910. The third-order valence-electron chi connectivity index (χ3n) is 21.5. The van der Waals surface area contributed by atoms with Gasteiger partial charge in [0.1, 0.15) is 57.4 Å². The molecule has 10 aromatic rings. The van der Waals surface area contributed by atoms with Crippen molar-refractivity contribution in [1.82, 2.24) is 0 Å². The number of unbranched alkanes of at least 4 members (excludes halogenated alkanes) is 10. The minimum absolute atomic E-state index is 0.119. The number of carbonyl (C=O) groups excluding carboxylic acids is 2. The summed E-state index contributed by atoms with van der Waals surface area (Å²) in [7, 11) is 0. The summed E-state index contributed by atoms with van der Waals surface area (Å²) in [4.78, 5) is 29.6. The number of esters is 2. The Bertz CT molecular complexity index is 4120. The molecule has 0 amide bonds. The zero-order valence-corrected chi connectivity index (χ0v) is 60.0. The molecule has 102 heavy (non-hydrogen) atoms. The van der Waals surface area contributed by atoms with Gasteiger partial charge in [0.2, 0.25) is 0 Å². The van der Waals surface area contributed by atoms with Crippen molar-refractivity contribution >= 4 is 33.5 Å². The number of hydrogen-bond donors (Lipinski definition) is 0. The fourth-order valence-electron chi connectivity index (χ4n) is 15.7. The largest absolute Gasteiger partial charge is 0.494 e. The molecule has 0 atom stereocenters. The van der Waals surface area contributed by atoms with Crippen molar-refractivity contribution < 1.29 is 46.1 Å². The molecule has 12 rings (SSSR count). The van der Waals surface area contributed by atoms with Gasteiger partial charge in [0, 0.05) is 11.1 Å². The lowest BCUT2D eigenvalue weighted by atomic mass is 9.77. The minimum Gasteiger partial charge on any atom is -0.494 e. The number of halogens is 4. The minimum atomic E-state index is -1.32. The molecule has 0 aliphatic heterocycles. The van der Waals surface area contributed by atoms with Crippen LogP contribution in [-0.4, -0.2) is 25.2 Å². The van der Waals surface area contributed by atoms with E-state index in [1.807, 2.05) is 36.4 Å². The fraction of sp³-hybridized carbons (Fsp3) is 0.370. The highest BCUT2D eigenvalue weighted by Crippen LogP contribution is 2.49. The molecule has 0 saturated heterocycles. The van der Waals surface area contributed by atoms with Gasteiger partial charge < -0.3 is 18.9 Å². The molecule has 0 N–H and O–H groups in total. The van der Waals surface area contributed by atoms with E-state index in [0.29, 0.717) is 69.2 Å². The summed E-state index contributed by atoms with van der Waals surface area (Å²) in [6, 6.07) is 54.4. The molecule has 6 nitrogen and oxygen atoms in total. The third kappa shape index (κ3) is 17.9. The van der Waals surface area contributed by atoms with Crippen LogP contribution in [0.25, 0.3) is 77.2 Å². The Morgan fingerprint density at radius 2 is 0.657 bits per heavy atom. The van der Waals surface area contributed by atoms with E-state index in [4.69, 9.17) is 18.9 Å². The lowest BCUT2D eigenvalue weighted by Gasteiger charge is -2.28. The van der Waals surface area contributed by atoms with E-state index in [1.165, 1.54) is 127 Å². The number of fused-ring (bicyclic) bond motifs is 2. The smallest absolute Gasteiger partial charge is 0.349 e. The lowest BCUT2D eigenvalue weighted by Crippen LogP contribution is -2.15. The summed E-state index contributed by atoms with van der Waals surface area (Å²) in [5.74, 6) is -3.55. The first-order chi connectivity index (χ1) is 49.9. The van der Waals surface area contributed by atoms with Crippen molar-refractivity contribution in [3.63, 3.8) is 0 Å². The Labute approximate surface area is 601 Å². The van der Waals surface area contributed by atoms with E-state index in [-0.39, 0.29) is 33.8 Å². The highest BCUT2D eigenvalue weighted by Gasteiger charge is 2.30. The summed E-state index contributed by atoms with van der Waals surface area (Å²) in [6.45, 7) is 10.0. The first kappa shape index (κ1) is 72.8. The summed E-state index contributed by atoms with van der Waals surface area (Å²) < 4.78 is 91.4. The number of benzene rings is 10. The normalized spacial score (nSPS) is 16.1. The molecule has 530 valence electrons. The van der Waals surface area contributed by atoms with Gasteiger partial charge in [-0.3, -0.25) is 0 Å². The molecule has 2 aliphatic rings. The second kappa shape index (κ2) is 35.2. The van der Waals surface area contributed by atoms with E-state index in [2.05, 4.69) is 76.2 Å². The van der Waals surface area contributed by atoms with Crippen LogP contribution in [0.15, 0.2) is 182 Å². The van der Waals surface area contributed by atoms with Crippen molar-refractivity contribution in [2.45, 2.75) is 194 Å². The van der Waals surface area contributed by atoms with Gasteiger partial charge in [0.25, 0.3) is 0 Å². The molecular weight excluding hydrogens is 1280 g/mol. The molecule has 0 bridgehead atoms. The Morgan fingerprint density at radius 3 is 1.01 bits per heavy atom. The molecule has 2 fully saturated rings. The second-order valence-corrected chi connectivity index (χ2v) is 28.7. The maximum atomic E-state index is 16.7. The molecule has 2 saturated carbocycles. The molecule has 10 heteroatoms. The van der Waals surface area contributed by atoms with Crippen LogP contribution in [0.3, 0.4) is 0 Å². The monoisotopic (exact) mass is 1370 g/mol. The average molecular weight is 1380 g/mol. The summed E-state index contributed by atoms with van der Waals surface area (Å²) >= 11 is 0. The van der Waals surface area contributed by atoms with Crippen LogP contribution >= 0.6 is 0 Å². The van der Waals surface area contributed by atoms with Crippen LogP contribution in [0.2, 0.25) is 0 Å². The van der Waals surface area contributed by atoms with Gasteiger partial charge >= 0.3 is 11.9 Å². The molecule has 0 aromatic heterocycles. The molecular formula is C92H98F4O6. The van der Waals surface area contributed by atoms with Crippen molar-refractivity contribution in [2.75, 3.05) is 13.2 Å². The molecule has 2 aliphatic carbocycles. The number of ether oxygens (including phenoxy) is 4. The summed E-state index contributed by atoms with van der Waals surface area (Å²) in [6.07, 6.45) is 28.2. The van der Waals surface area contributed by atoms with Crippen LogP contribution in [0.4, 0.5) is 17.6 Å². The van der Waals surface area contributed by atoms with E-state index >= 15 is 17.6 Å². The van der Waals surface area contributed by atoms with Gasteiger partial charge in [0.05, 0.1) is 13.2 Å². The van der Waals surface area contributed by atoms with Crippen molar-refractivity contribution in [3.8, 4) is 78.6 Å². The number of hydrogen-bond acceptors (Lipinski definition) is 6. The highest BCUT2D eigenvalue weighted by atomic mass is 19.1. The maximum absolute atomic E-state index is 16.7. The maximum Gasteiger partial charge on any atom is 0.349 e. The predicted molar refractivity (Wildman–Crippen MR) is 408 cm³/mol. The number of carbonyl (C=O) groups is 2. The van der Waals surface area contributed by atoms with Crippen LogP contribution in [0.5, 0.6) is 23.0 Å². The van der Waals surface area contributed by atoms with Gasteiger partial charge in [-0.15, -0.1) is 0 Å². The van der Waals surface area contributed by atoms with Gasteiger partial charge in [-0.1, -0.05) is 227 Å². The van der Waals surface area contributed by atoms with Crippen molar-refractivity contribution in [2.24, 2.45) is 11.8 Å². The van der Waals surface area contributed by atoms with E-state index in [9.17, 15) is 9.59 Å². The van der Waals surface area contributed by atoms with Crippen LogP contribution in [-0.2, 0) is 0 Å². The second-order valence-electron chi connectivity index (χ2n) is 28.7. The summed E-state index contributed by atoms with van der Waals surface area (Å²) in [5, 5.41) is 2.43. The molecule has 10 aromatic carbocycles. The molecule has 0 spiro atoms. The van der Waals surface area contributed by atoms with E-state index in [1.54, 1.807) is 72.8 Å². The molecule has 0 unspecified atom stereocenters. The van der Waals surface area contributed by atoms with Crippen LogP contribution in [0, 0.1) is 35.1 Å². The number of rotatable bonds is 31. The molecule has 0 radical (unpaired) electrons. The van der Waals surface area contributed by atoms with Gasteiger partial charge in [-0.2, -0.15) is 0 Å². The van der Waals surface area contributed by atoms with Crippen LogP contribution < -0.4 is 18.9 Å². The molecule has 0 heterocycles. The Hall–Kier alpha value is -9.02. The van der Waals surface area contributed by atoms with Gasteiger partial charge in [-0.25, -0.2) is 27.2 Å². The first-order valence-corrected chi connectivity index (χ1v) is 38.1. The first-order valence-electron chi connectivity index (χ1n) is 38.1. The van der Waals surface area contributed by atoms with E-state index in [0.717, 1.165) is 96.9 Å². The standard InChI is InChI=1S/C92H98F4O6/c1-5-9-11-13-15-17-53-99-77-45-37-69(38-46-77)75-57-81(93)89(82(94)58-75)91(97)101-85-51-43-73-55-71(67-33-29-65(30-34-67)63-25-21-61(19-7-3)22-26-63)41-49-79(73)87(85)88-80-50-42-72(68-35-31-66(32-36-68)64-27-23-62(20-8-4)24-28-64)56-74(80)44-52-86(88)102-92(98)90-83(95)59-76(60-84(90)96)70-39-47-78(48-40-70)100-54-18-16-14-12-10-6-2/h29-52,55-64H,5-28,53-54H2,1-4H3. The van der Waals surface area contributed by atoms with Crippen molar-refractivity contribution in [3.05, 3.63) is 228 Å². The highest BCUT2D eigenvalue weighted by molar-refractivity contribution is 6.12. The zero-order valence-electron chi connectivity index (χ0n) is 60.0. The Kier molecular flexibility index (Phi) is 25.1. The van der Waals surface area contributed by atoms with Gasteiger partial charge in [-0.05, 0) is 238 Å². The lowest BCUT2D eigenvalue weighted by molar-refractivity contribution is 0.0712. The summed E-state index contributed by atoms with van der Waals surface area (Å²) in [5.41, 5.74) is 6.50. The SMILES string of the molecule is CCCCCCCCOc1ccc(-c2cc(F)c(C(=O)Oc3ccc4cc(-c5ccc(C6CCC(CCC)CC6)cc5)ccc4c3-c3c(OC(=O)c4c(F)cc(-c5ccc(OCCCCCCCC)cc5)cc4F)ccc4cc(-c5ccc(C6CCC(CCC)CC6)cc5)ccc34)c(F)c2)cc1. The average Bonchev–Trinajstić information content (AvgIpc) is 0.741. The topological polar surface area (TPSA) is 71.1 Å². The Morgan fingerprint density at radius 1 is 0.333 bits per heavy atom. The van der Waals surface area contributed by atoms with Gasteiger partial charge in [0.15, 0.2) is 0 Å². The van der Waals surface area contributed by atoms with Crippen molar-refractivity contribution in [1.29, 1.82) is 0 Å². The van der Waals surface area contributed by atoms with Crippen LogP contribution in [0.1, 0.15) is 225 Å². The predicted octanol–water partition coefficient (Wildman–Crippen LogP) is 26.9. The fourth-order valence-corrected chi connectivity index (χ4v) is 15.7. The van der Waals surface area contributed by atoms with E-state index < -0.39 is 46.3 Å².